The Kier molecular flexibility index (Phi) is 4.55. The summed E-state index contributed by atoms with van der Waals surface area (Å²) in [6.45, 7) is 9.44. The van der Waals surface area contributed by atoms with Crippen molar-refractivity contribution in [1.29, 1.82) is 5.26 Å². The molecule has 0 bridgehead atoms. The summed E-state index contributed by atoms with van der Waals surface area (Å²) in [5.41, 5.74) is 0.742. The topological polar surface area (TPSA) is 69.5 Å². The highest BCUT2D eigenvalue weighted by Crippen LogP contribution is 2.22. The Hall–Kier alpha value is -2.29. The van der Waals surface area contributed by atoms with Gasteiger partial charge in [0.25, 0.3) is 0 Å². The number of nitriles is 1. The number of hydrogen-bond donors (Lipinski definition) is 0. The SMILES string of the molecule is C[C@@H]1CN(c2cccnc2C#N)CCN1C(=O)OC(C)(C)C. The zero-order valence-corrected chi connectivity index (χ0v) is 13.5. The molecule has 0 N–H and O–H groups in total. The minimum atomic E-state index is -0.495. The van der Waals surface area contributed by atoms with Crippen LogP contribution < -0.4 is 4.90 Å². The lowest BCUT2D eigenvalue weighted by molar-refractivity contribution is 0.0159. The fraction of sp³-hybridized carbons (Fsp3) is 0.562. The monoisotopic (exact) mass is 302 g/mol. The second-order valence-electron chi connectivity index (χ2n) is 6.45. The lowest BCUT2D eigenvalue weighted by Gasteiger charge is -2.41. The standard InChI is InChI=1S/C16H22N4O2/c1-12-11-19(14-6-5-7-18-13(14)10-17)8-9-20(12)15(21)22-16(2,3)4/h5-7,12H,8-9,11H2,1-4H3/t12-/m1/s1. The van der Waals surface area contributed by atoms with Gasteiger partial charge in [-0.3, -0.25) is 0 Å². The summed E-state index contributed by atoms with van der Waals surface area (Å²) >= 11 is 0. The first kappa shape index (κ1) is 16.1. The zero-order valence-electron chi connectivity index (χ0n) is 13.5. The van der Waals surface area contributed by atoms with Crippen LogP contribution in [-0.2, 0) is 4.74 Å². The Bertz CT molecular complexity index is 589. The highest BCUT2D eigenvalue weighted by atomic mass is 16.6. The molecule has 1 aromatic heterocycles. The van der Waals surface area contributed by atoms with Gasteiger partial charge in [-0.05, 0) is 39.8 Å². The fourth-order valence-electron chi connectivity index (χ4n) is 2.51. The summed E-state index contributed by atoms with van der Waals surface area (Å²) in [5, 5.41) is 9.16. The number of ether oxygens (including phenoxy) is 1. The third-order valence-corrected chi connectivity index (χ3v) is 3.49. The Balaban J connectivity index is 2.07. The van der Waals surface area contributed by atoms with E-state index in [1.807, 2.05) is 39.8 Å². The van der Waals surface area contributed by atoms with Crippen molar-refractivity contribution >= 4 is 11.8 Å². The molecule has 1 saturated heterocycles. The van der Waals surface area contributed by atoms with Gasteiger partial charge >= 0.3 is 6.09 Å². The number of amides is 1. The summed E-state index contributed by atoms with van der Waals surface area (Å²) in [5.74, 6) is 0. The molecule has 1 amide bonds. The molecule has 0 aromatic carbocycles. The lowest BCUT2D eigenvalue weighted by atomic mass is 10.1. The molecule has 0 radical (unpaired) electrons. The maximum atomic E-state index is 12.2. The molecule has 2 rings (SSSR count). The Morgan fingerprint density at radius 1 is 1.45 bits per heavy atom. The van der Waals surface area contributed by atoms with Crippen LogP contribution in [0.4, 0.5) is 10.5 Å². The molecular weight excluding hydrogens is 280 g/mol. The molecule has 1 aliphatic rings. The van der Waals surface area contributed by atoms with Crippen molar-refractivity contribution in [3.8, 4) is 6.07 Å². The molecule has 1 fully saturated rings. The molecule has 0 saturated carbocycles. The third kappa shape index (κ3) is 3.67. The van der Waals surface area contributed by atoms with Gasteiger partial charge in [-0.2, -0.15) is 5.26 Å². The van der Waals surface area contributed by atoms with Gasteiger partial charge in [0, 0.05) is 31.9 Å². The largest absolute Gasteiger partial charge is 0.444 e. The van der Waals surface area contributed by atoms with Gasteiger partial charge in [-0.15, -0.1) is 0 Å². The summed E-state index contributed by atoms with van der Waals surface area (Å²) < 4.78 is 5.44. The van der Waals surface area contributed by atoms with Crippen LogP contribution in [0.2, 0.25) is 0 Å². The van der Waals surface area contributed by atoms with Crippen molar-refractivity contribution in [3.05, 3.63) is 24.0 Å². The lowest BCUT2D eigenvalue weighted by Crippen LogP contribution is -2.55. The number of carbonyl (C=O) groups is 1. The Morgan fingerprint density at radius 3 is 2.77 bits per heavy atom. The maximum Gasteiger partial charge on any atom is 0.410 e. The van der Waals surface area contributed by atoms with E-state index in [0.717, 1.165) is 5.69 Å². The van der Waals surface area contributed by atoms with Crippen molar-refractivity contribution in [1.82, 2.24) is 9.88 Å². The van der Waals surface area contributed by atoms with Crippen LogP contribution in [0.5, 0.6) is 0 Å². The summed E-state index contributed by atoms with van der Waals surface area (Å²) in [4.78, 5) is 20.1. The Labute approximate surface area is 131 Å². The smallest absolute Gasteiger partial charge is 0.410 e. The molecule has 118 valence electrons. The number of rotatable bonds is 1. The van der Waals surface area contributed by atoms with Crippen LogP contribution in [0.1, 0.15) is 33.4 Å². The molecule has 1 aromatic rings. The average Bonchev–Trinajstić information content (AvgIpc) is 2.45. The van der Waals surface area contributed by atoms with Gasteiger partial charge < -0.3 is 14.5 Å². The van der Waals surface area contributed by atoms with Crippen molar-refractivity contribution in [2.45, 2.75) is 39.3 Å². The number of piperazine rings is 1. The molecule has 6 nitrogen and oxygen atoms in total. The minimum absolute atomic E-state index is 0.00958. The van der Waals surface area contributed by atoms with Crippen molar-refractivity contribution < 1.29 is 9.53 Å². The van der Waals surface area contributed by atoms with Gasteiger partial charge in [0.05, 0.1) is 5.69 Å². The van der Waals surface area contributed by atoms with Crippen LogP contribution in [0.25, 0.3) is 0 Å². The zero-order chi connectivity index (χ0) is 16.3. The number of anilines is 1. The third-order valence-electron chi connectivity index (χ3n) is 3.49. The molecule has 0 unspecified atom stereocenters. The molecule has 2 heterocycles. The second-order valence-corrected chi connectivity index (χ2v) is 6.45. The summed E-state index contributed by atoms with van der Waals surface area (Å²) in [6.07, 6.45) is 1.33. The van der Waals surface area contributed by atoms with E-state index in [1.165, 1.54) is 0 Å². The predicted octanol–water partition coefficient (Wildman–Crippen LogP) is 2.40. The van der Waals surface area contributed by atoms with Crippen molar-refractivity contribution in [2.24, 2.45) is 0 Å². The highest BCUT2D eigenvalue weighted by molar-refractivity contribution is 5.69. The molecule has 1 atom stereocenters. The van der Waals surface area contributed by atoms with Crippen LogP contribution in [-0.4, -0.2) is 47.3 Å². The van der Waals surface area contributed by atoms with Crippen molar-refractivity contribution in [2.75, 3.05) is 24.5 Å². The van der Waals surface area contributed by atoms with Gasteiger partial charge in [-0.1, -0.05) is 0 Å². The number of aromatic nitrogens is 1. The fourth-order valence-corrected chi connectivity index (χ4v) is 2.51. The summed E-state index contributed by atoms with van der Waals surface area (Å²) in [7, 11) is 0. The molecular formula is C16H22N4O2. The van der Waals surface area contributed by atoms with Crippen LogP contribution in [0, 0.1) is 11.3 Å². The van der Waals surface area contributed by atoms with Crippen molar-refractivity contribution in [3.63, 3.8) is 0 Å². The van der Waals surface area contributed by atoms with E-state index in [-0.39, 0.29) is 12.1 Å². The molecule has 22 heavy (non-hydrogen) atoms. The normalized spacial score (nSPS) is 18.8. The van der Waals surface area contributed by atoms with E-state index in [4.69, 9.17) is 10.00 Å². The van der Waals surface area contributed by atoms with E-state index < -0.39 is 5.60 Å². The van der Waals surface area contributed by atoms with Gasteiger partial charge in [0.2, 0.25) is 0 Å². The molecule has 6 heteroatoms. The van der Waals surface area contributed by atoms with E-state index in [9.17, 15) is 4.79 Å². The number of hydrogen-bond acceptors (Lipinski definition) is 5. The van der Waals surface area contributed by atoms with E-state index >= 15 is 0 Å². The van der Waals surface area contributed by atoms with Crippen LogP contribution in [0.15, 0.2) is 18.3 Å². The quantitative estimate of drug-likeness (QED) is 0.796. The average molecular weight is 302 g/mol. The van der Waals surface area contributed by atoms with E-state index in [1.54, 1.807) is 11.1 Å². The van der Waals surface area contributed by atoms with Gasteiger partial charge in [-0.25, -0.2) is 9.78 Å². The van der Waals surface area contributed by atoms with Crippen LogP contribution >= 0.6 is 0 Å². The number of nitrogens with zero attached hydrogens (tertiary/aromatic N) is 4. The second kappa shape index (κ2) is 6.22. The minimum Gasteiger partial charge on any atom is -0.444 e. The van der Waals surface area contributed by atoms with Gasteiger partial charge in [0.1, 0.15) is 11.7 Å². The molecule has 1 aliphatic heterocycles. The number of carbonyl (C=O) groups excluding carboxylic acids is 1. The van der Waals surface area contributed by atoms with E-state index in [0.29, 0.717) is 25.3 Å². The Morgan fingerprint density at radius 2 is 2.18 bits per heavy atom. The highest BCUT2D eigenvalue weighted by Gasteiger charge is 2.31. The first-order valence-electron chi connectivity index (χ1n) is 7.41. The summed E-state index contributed by atoms with van der Waals surface area (Å²) in [6, 6.07) is 5.84. The molecule has 0 spiro atoms. The predicted molar refractivity (Wildman–Crippen MR) is 83.6 cm³/mol. The van der Waals surface area contributed by atoms with Gasteiger partial charge in [0.15, 0.2) is 5.69 Å². The van der Waals surface area contributed by atoms with E-state index in [2.05, 4.69) is 16.0 Å². The first-order valence-corrected chi connectivity index (χ1v) is 7.41. The van der Waals surface area contributed by atoms with Crippen LogP contribution in [0.3, 0.4) is 0 Å². The number of pyridine rings is 1. The maximum absolute atomic E-state index is 12.2. The first-order chi connectivity index (χ1) is 10.3. The molecule has 0 aliphatic carbocycles.